The maximum atomic E-state index is 14.4. The van der Waals surface area contributed by atoms with Crippen LogP contribution in [0.4, 0.5) is 19.4 Å². The summed E-state index contributed by atoms with van der Waals surface area (Å²) in [4.78, 5) is 55.0. The van der Waals surface area contributed by atoms with Gasteiger partial charge in [0.2, 0.25) is 0 Å². The minimum atomic E-state index is -1.62. The SMILES string of the molecule is CC(C)(C)OC(=O)N(Cc1ccc(-n2c(N)c(C(=O)c3ccc(F)cc3F)ccc2=O)cc1)[C@](Cc1ccccc1)(C(=O)O)C1CCCC1. The van der Waals surface area contributed by atoms with E-state index in [9.17, 15) is 33.1 Å². The highest BCUT2D eigenvalue weighted by atomic mass is 19.1. The van der Waals surface area contributed by atoms with Gasteiger partial charge in [-0.1, -0.05) is 55.3 Å². The van der Waals surface area contributed by atoms with Crippen molar-refractivity contribution in [2.24, 2.45) is 5.92 Å². The number of rotatable bonds is 10. The molecule has 1 heterocycles. The average Bonchev–Trinajstić information content (AvgIpc) is 3.58. The van der Waals surface area contributed by atoms with E-state index < -0.39 is 51.7 Å². The first-order valence-corrected chi connectivity index (χ1v) is 16.1. The molecule has 1 aromatic heterocycles. The molecular weight excluding hydrogens is 632 g/mol. The van der Waals surface area contributed by atoms with Gasteiger partial charge in [-0.05, 0) is 81.0 Å². The number of benzene rings is 3. The fourth-order valence-corrected chi connectivity index (χ4v) is 6.59. The number of ether oxygens (including phenoxy) is 1. The Bertz CT molecular complexity index is 1910. The normalized spacial score (nSPS) is 14.6. The zero-order valence-corrected chi connectivity index (χ0v) is 27.6. The van der Waals surface area contributed by atoms with E-state index in [1.165, 1.54) is 11.0 Å². The topological polar surface area (TPSA) is 132 Å². The molecule has 256 valence electrons. The lowest BCUT2D eigenvalue weighted by molar-refractivity contribution is -0.156. The molecular formula is C38H39F2N3O6. The van der Waals surface area contributed by atoms with Crippen LogP contribution in [0.25, 0.3) is 5.69 Å². The Morgan fingerprint density at radius 1 is 0.898 bits per heavy atom. The van der Waals surface area contributed by atoms with Crippen molar-refractivity contribution in [2.45, 2.75) is 70.6 Å². The Kier molecular flexibility index (Phi) is 10.0. The lowest BCUT2D eigenvalue weighted by Gasteiger charge is -2.45. The Hall–Kier alpha value is -5.32. The van der Waals surface area contributed by atoms with Gasteiger partial charge >= 0.3 is 12.1 Å². The summed E-state index contributed by atoms with van der Waals surface area (Å²) in [6, 6.07) is 20.4. The molecule has 3 aromatic carbocycles. The van der Waals surface area contributed by atoms with Gasteiger partial charge < -0.3 is 15.6 Å². The van der Waals surface area contributed by atoms with E-state index in [0.29, 0.717) is 24.5 Å². The molecule has 11 heteroatoms. The standard InChI is InChI=1S/C38H39F2N3O6/c1-37(2,3)49-36(48)42(38(35(46)47,26-11-7-8-12-26)22-24-9-5-4-6-10-24)23-25-13-16-28(17-14-25)43-32(44)20-19-30(34(43)41)33(45)29-18-15-27(39)21-31(29)40/h4-6,9-10,13-21,26H,7-8,11-12,22-23,41H2,1-3H3,(H,46,47)/t38-/m0/s1. The lowest BCUT2D eigenvalue weighted by Crippen LogP contribution is -2.62. The summed E-state index contributed by atoms with van der Waals surface area (Å²) in [6.45, 7) is 5.05. The maximum absolute atomic E-state index is 14.4. The van der Waals surface area contributed by atoms with Gasteiger partial charge in [-0.25, -0.2) is 18.4 Å². The van der Waals surface area contributed by atoms with Crippen molar-refractivity contribution in [1.82, 2.24) is 9.47 Å². The Labute approximate surface area is 282 Å². The summed E-state index contributed by atoms with van der Waals surface area (Å²) < 4.78 is 34.8. The molecule has 4 aromatic rings. The first kappa shape index (κ1) is 35.0. The monoisotopic (exact) mass is 671 g/mol. The van der Waals surface area contributed by atoms with E-state index in [0.717, 1.165) is 41.2 Å². The number of carbonyl (C=O) groups excluding carboxylic acids is 2. The Morgan fingerprint density at radius 3 is 2.12 bits per heavy atom. The third kappa shape index (κ3) is 7.40. The Balaban J connectivity index is 1.54. The minimum Gasteiger partial charge on any atom is -0.479 e. The molecule has 0 unspecified atom stereocenters. The molecule has 5 rings (SSSR count). The van der Waals surface area contributed by atoms with Gasteiger partial charge in [0, 0.05) is 18.6 Å². The smallest absolute Gasteiger partial charge is 0.411 e. The summed E-state index contributed by atoms with van der Waals surface area (Å²) in [5, 5.41) is 11.0. The third-order valence-electron chi connectivity index (χ3n) is 8.90. The molecule has 1 fully saturated rings. The zero-order chi connectivity index (χ0) is 35.5. The number of nitrogen functional groups attached to an aromatic ring is 1. The molecule has 1 saturated carbocycles. The van der Waals surface area contributed by atoms with E-state index in [2.05, 4.69) is 0 Å². The summed E-state index contributed by atoms with van der Waals surface area (Å²) >= 11 is 0. The van der Waals surface area contributed by atoms with Crippen LogP contribution in [0, 0.1) is 17.6 Å². The van der Waals surface area contributed by atoms with Crippen molar-refractivity contribution >= 4 is 23.7 Å². The number of ketones is 1. The molecule has 0 radical (unpaired) electrons. The predicted octanol–water partition coefficient (Wildman–Crippen LogP) is 6.92. The van der Waals surface area contributed by atoms with Gasteiger partial charge in [0.25, 0.3) is 5.56 Å². The van der Waals surface area contributed by atoms with E-state index in [-0.39, 0.29) is 36.0 Å². The first-order chi connectivity index (χ1) is 23.2. The van der Waals surface area contributed by atoms with E-state index in [1.807, 2.05) is 30.3 Å². The van der Waals surface area contributed by atoms with Crippen LogP contribution in [0.1, 0.15) is 73.5 Å². The number of carboxylic acid groups (broad SMARTS) is 1. The van der Waals surface area contributed by atoms with E-state index in [1.54, 1.807) is 45.0 Å². The summed E-state index contributed by atoms with van der Waals surface area (Å²) in [5.74, 6) is -4.45. The number of amides is 1. The van der Waals surface area contributed by atoms with Gasteiger partial charge in [0.15, 0.2) is 11.3 Å². The number of pyridine rings is 1. The first-order valence-electron chi connectivity index (χ1n) is 16.1. The average molecular weight is 672 g/mol. The van der Waals surface area contributed by atoms with Crippen molar-refractivity contribution in [3.63, 3.8) is 0 Å². The predicted molar refractivity (Wildman–Crippen MR) is 180 cm³/mol. The molecule has 1 atom stereocenters. The number of hydrogen-bond donors (Lipinski definition) is 2. The second kappa shape index (κ2) is 14.0. The lowest BCUT2D eigenvalue weighted by atomic mass is 9.76. The molecule has 1 amide bonds. The number of carboxylic acids is 1. The van der Waals surface area contributed by atoms with Crippen LogP contribution in [-0.2, 0) is 22.5 Å². The number of hydrogen-bond acceptors (Lipinski definition) is 6. The molecule has 0 spiro atoms. The highest BCUT2D eigenvalue weighted by molar-refractivity contribution is 6.11. The molecule has 3 N–H and O–H groups in total. The van der Waals surface area contributed by atoms with Crippen molar-refractivity contribution in [1.29, 1.82) is 0 Å². The van der Waals surface area contributed by atoms with Crippen LogP contribution < -0.4 is 11.3 Å². The summed E-state index contributed by atoms with van der Waals surface area (Å²) in [5.41, 5.74) is 4.24. The van der Waals surface area contributed by atoms with Gasteiger partial charge in [-0.2, -0.15) is 0 Å². The van der Waals surface area contributed by atoms with Crippen molar-refractivity contribution < 1.29 is 33.0 Å². The second-order valence-corrected chi connectivity index (χ2v) is 13.4. The third-order valence-corrected chi connectivity index (χ3v) is 8.90. The van der Waals surface area contributed by atoms with Gasteiger partial charge in [-0.15, -0.1) is 0 Å². The van der Waals surface area contributed by atoms with E-state index >= 15 is 0 Å². The van der Waals surface area contributed by atoms with Crippen LogP contribution in [0.5, 0.6) is 0 Å². The number of nitrogens with zero attached hydrogens (tertiary/aromatic N) is 2. The quantitative estimate of drug-likeness (QED) is 0.175. The van der Waals surface area contributed by atoms with Crippen molar-refractivity contribution in [3.8, 4) is 5.69 Å². The minimum absolute atomic E-state index is 0.0760. The van der Waals surface area contributed by atoms with Gasteiger partial charge in [0.05, 0.1) is 23.4 Å². The van der Waals surface area contributed by atoms with Crippen LogP contribution in [0.2, 0.25) is 0 Å². The number of halogens is 2. The van der Waals surface area contributed by atoms with Crippen LogP contribution >= 0.6 is 0 Å². The van der Waals surface area contributed by atoms with E-state index in [4.69, 9.17) is 10.5 Å². The number of aromatic nitrogens is 1. The van der Waals surface area contributed by atoms with Gasteiger partial charge in [0.1, 0.15) is 23.1 Å². The number of aliphatic carboxylic acids is 1. The fourth-order valence-electron chi connectivity index (χ4n) is 6.59. The maximum Gasteiger partial charge on any atom is 0.411 e. The Morgan fingerprint density at radius 2 is 1.53 bits per heavy atom. The van der Waals surface area contributed by atoms with Crippen molar-refractivity contribution in [2.75, 3.05) is 5.73 Å². The molecule has 49 heavy (non-hydrogen) atoms. The zero-order valence-electron chi connectivity index (χ0n) is 27.6. The van der Waals surface area contributed by atoms with Crippen LogP contribution in [-0.4, -0.2) is 43.6 Å². The molecule has 9 nitrogen and oxygen atoms in total. The molecule has 0 saturated heterocycles. The number of nitrogens with two attached hydrogens (primary N) is 1. The highest BCUT2D eigenvalue weighted by Gasteiger charge is 2.54. The molecule has 0 aliphatic heterocycles. The van der Waals surface area contributed by atoms with Crippen molar-refractivity contribution in [3.05, 3.63) is 129 Å². The summed E-state index contributed by atoms with van der Waals surface area (Å²) in [6.07, 6.45) is 2.27. The number of anilines is 1. The molecule has 0 bridgehead atoms. The molecule has 1 aliphatic rings. The van der Waals surface area contributed by atoms with Crippen LogP contribution in [0.3, 0.4) is 0 Å². The second-order valence-electron chi connectivity index (χ2n) is 13.4. The fraction of sp³-hybridized carbons (Fsp3) is 0.316. The number of carbonyl (C=O) groups is 3. The molecule has 1 aliphatic carbocycles. The largest absolute Gasteiger partial charge is 0.479 e. The summed E-state index contributed by atoms with van der Waals surface area (Å²) in [7, 11) is 0. The highest BCUT2D eigenvalue weighted by Crippen LogP contribution is 2.42. The van der Waals surface area contributed by atoms with Crippen LogP contribution in [0.15, 0.2) is 89.7 Å². The van der Waals surface area contributed by atoms with Gasteiger partial charge in [-0.3, -0.25) is 19.1 Å².